The maximum Gasteiger partial charge on any atom is 0.344 e. The highest BCUT2D eigenvalue weighted by Gasteiger charge is 2.12. The lowest BCUT2D eigenvalue weighted by atomic mass is 10.0. The summed E-state index contributed by atoms with van der Waals surface area (Å²) in [4.78, 5) is 12.1. The first-order chi connectivity index (χ1) is 10.1. The fourth-order valence-electron chi connectivity index (χ4n) is 2.42. The Labute approximate surface area is 120 Å². The average molecular weight is 282 g/mol. The lowest BCUT2D eigenvalue weighted by Crippen LogP contribution is -2.01. The van der Waals surface area contributed by atoms with Gasteiger partial charge in [-0.1, -0.05) is 31.2 Å². The number of aryl methyl sites for hydroxylation is 1. The maximum atomic E-state index is 12.1. The monoisotopic (exact) mass is 282 g/mol. The molecule has 3 aromatic rings. The van der Waals surface area contributed by atoms with Crippen LogP contribution >= 0.6 is 0 Å². The molecule has 2 N–H and O–H groups in total. The van der Waals surface area contributed by atoms with Gasteiger partial charge >= 0.3 is 5.63 Å². The molecule has 0 saturated carbocycles. The van der Waals surface area contributed by atoms with Crippen LogP contribution in [0.2, 0.25) is 0 Å². The second-order valence-electron chi connectivity index (χ2n) is 4.84. The van der Waals surface area contributed by atoms with Gasteiger partial charge in [0.2, 0.25) is 0 Å². The third kappa shape index (κ3) is 2.25. The van der Waals surface area contributed by atoms with Gasteiger partial charge in [0.1, 0.15) is 5.76 Å². The Morgan fingerprint density at radius 3 is 2.52 bits per heavy atom. The Morgan fingerprint density at radius 2 is 1.76 bits per heavy atom. The molecule has 0 unspecified atom stereocenters. The van der Waals surface area contributed by atoms with E-state index in [1.54, 1.807) is 6.07 Å². The van der Waals surface area contributed by atoms with Gasteiger partial charge < -0.3 is 14.6 Å². The summed E-state index contributed by atoms with van der Waals surface area (Å²) in [5, 5.41) is 19.8. The van der Waals surface area contributed by atoms with E-state index in [1.165, 1.54) is 12.1 Å². The van der Waals surface area contributed by atoms with Crippen LogP contribution in [-0.4, -0.2) is 10.2 Å². The minimum absolute atomic E-state index is 0.239. The number of hydrogen-bond acceptors (Lipinski definition) is 4. The minimum atomic E-state index is -0.538. The molecule has 4 nitrogen and oxygen atoms in total. The predicted octanol–water partition coefficient (Wildman–Crippen LogP) is 3.43. The molecular formula is C17H14O4. The fraction of sp³-hybridized carbons (Fsp3) is 0.118. The molecule has 0 aliphatic carbocycles. The Bertz CT molecular complexity index is 878. The second-order valence-corrected chi connectivity index (χ2v) is 4.84. The molecule has 0 fully saturated rings. The van der Waals surface area contributed by atoms with Crippen LogP contribution in [0.1, 0.15) is 12.5 Å². The Balaban J connectivity index is 2.30. The summed E-state index contributed by atoms with van der Waals surface area (Å²) >= 11 is 0. The summed E-state index contributed by atoms with van der Waals surface area (Å²) in [5.74, 6) is -0.144. The molecule has 1 aromatic heterocycles. The van der Waals surface area contributed by atoms with E-state index in [0.29, 0.717) is 11.1 Å². The van der Waals surface area contributed by atoms with E-state index in [-0.39, 0.29) is 16.9 Å². The van der Waals surface area contributed by atoms with Crippen LogP contribution in [0.4, 0.5) is 0 Å². The van der Waals surface area contributed by atoms with Crippen molar-refractivity contribution in [1.82, 2.24) is 0 Å². The van der Waals surface area contributed by atoms with Gasteiger partial charge in [-0.3, -0.25) is 0 Å². The smallest absolute Gasteiger partial charge is 0.344 e. The fourth-order valence-corrected chi connectivity index (χ4v) is 2.42. The van der Waals surface area contributed by atoms with Gasteiger partial charge in [-0.25, -0.2) is 4.79 Å². The van der Waals surface area contributed by atoms with Crippen LogP contribution in [0.15, 0.2) is 51.7 Å². The van der Waals surface area contributed by atoms with Crippen molar-refractivity contribution in [2.75, 3.05) is 0 Å². The molecule has 1 heterocycles. The number of phenols is 2. The number of rotatable bonds is 2. The van der Waals surface area contributed by atoms with Gasteiger partial charge in [-0.2, -0.15) is 0 Å². The summed E-state index contributed by atoms with van der Waals surface area (Å²) in [6, 6.07) is 12.0. The number of phenolic OH excluding ortho intramolecular Hbond substituents is 2. The van der Waals surface area contributed by atoms with Crippen molar-refractivity contribution >= 4 is 10.8 Å². The van der Waals surface area contributed by atoms with Crippen LogP contribution in [0.3, 0.4) is 0 Å². The first-order valence-corrected chi connectivity index (χ1v) is 6.68. The molecule has 2 aromatic carbocycles. The standard InChI is InChI=1S/C17H14O4/c1-2-10-5-3-4-6-12(10)16-8-11-7-14(18)15(19)9-13(11)17(20)21-16/h3-9,18-19H,2H2,1H3. The van der Waals surface area contributed by atoms with Crippen LogP contribution < -0.4 is 5.63 Å². The van der Waals surface area contributed by atoms with Gasteiger partial charge in [-0.15, -0.1) is 0 Å². The SMILES string of the molecule is CCc1ccccc1-c1cc2cc(O)c(O)cc2c(=O)o1. The van der Waals surface area contributed by atoms with Gasteiger partial charge in [0.05, 0.1) is 5.39 Å². The first kappa shape index (κ1) is 13.2. The topological polar surface area (TPSA) is 70.7 Å². The highest BCUT2D eigenvalue weighted by Crippen LogP contribution is 2.31. The van der Waals surface area contributed by atoms with E-state index in [0.717, 1.165) is 17.5 Å². The molecule has 0 amide bonds. The van der Waals surface area contributed by atoms with Crippen molar-refractivity contribution in [3.63, 3.8) is 0 Å². The van der Waals surface area contributed by atoms with E-state index in [2.05, 4.69) is 0 Å². The summed E-state index contributed by atoms with van der Waals surface area (Å²) in [7, 11) is 0. The highest BCUT2D eigenvalue weighted by atomic mass is 16.4. The lowest BCUT2D eigenvalue weighted by molar-refractivity contribution is 0.404. The third-order valence-electron chi connectivity index (χ3n) is 3.52. The van der Waals surface area contributed by atoms with Crippen molar-refractivity contribution in [2.24, 2.45) is 0 Å². The molecule has 3 rings (SSSR count). The molecule has 21 heavy (non-hydrogen) atoms. The van der Waals surface area contributed by atoms with Gasteiger partial charge in [0.25, 0.3) is 0 Å². The maximum absolute atomic E-state index is 12.1. The molecule has 4 heteroatoms. The minimum Gasteiger partial charge on any atom is -0.504 e. The second kappa shape index (κ2) is 4.98. The molecule has 0 bridgehead atoms. The van der Waals surface area contributed by atoms with Crippen molar-refractivity contribution in [1.29, 1.82) is 0 Å². The molecular weight excluding hydrogens is 268 g/mol. The molecule has 0 saturated heterocycles. The van der Waals surface area contributed by atoms with Gasteiger partial charge in [0.15, 0.2) is 11.5 Å². The van der Waals surface area contributed by atoms with Gasteiger partial charge in [0, 0.05) is 5.56 Å². The third-order valence-corrected chi connectivity index (χ3v) is 3.52. The van der Waals surface area contributed by atoms with Crippen molar-refractivity contribution in [3.8, 4) is 22.8 Å². The molecule has 0 spiro atoms. The first-order valence-electron chi connectivity index (χ1n) is 6.68. The highest BCUT2D eigenvalue weighted by molar-refractivity contribution is 5.87. The number of fused-ring (bicyclic) bond motifs is 1. The van der Waals surface area contributed by atoms with Crippen LogP contribution in [0, 0.1) is 0 Å². The van der Waals surface area contributed by atoms with Crippen LogP contribution in [0.25, 0.3) is 22.1 Å². The largest absolute Gasteiger partial charge is 0.504 e. The summed E-state index contributed by atoms with van der Waals surface area (Å²) in [5.41, 5.74) is 1.39. The predicted molar refractivity (Wildman–Crippen MR) is 80.6 cm³/mol. The zero-order chi connectivity index (χ0) is 15.0. The molecule has 0 aliphatic rings. The summed E-state index contributed by atoms with van der Waals surface area (Å²) in [6.07, 6.45) is 0.818. The van der Waals surface area contributed by atoms with Crippen molar-refractivity contribution < 1.29 is 14.6 Å². The normalized spacial score (nSPS) is 10.9. The quantitative estimate of drug-likeness (QED) is 0.706. The van der Waals surface area contributed by atoms with E-state index < -0.39 is 5.63 Å². The Kier molecular flexibility index (Phi) is 3.14. The van der Waals surface area contributed by atoms with Crippen molar-refractivity contribution in [3.05, 3.63) is 58.4 Å². The van der Waals surface area contributed by atoms with Crippen LogP contribution in [-0.2, 0) is 6.42 Å². The summed E-state index contributed by atoms with van der Waals surface area (Å²) < 4.78 is 5.37. The zero-order valence-corrected chi connectivity index (χ0v) is 11.5. The molecule has 0 aliphatic heterocycles. The lowest BCUT2D eigenvalue weighted by Gasteiger charge is -2.08. The van der Waals surface area contributed by atoms with E-state index >= 15 is 0 Å². The average Bonchev–Trinajstić information content (AvgIpc) is 2.49. The number of benzene rings is 2. The summed E-state index contributed by atoms with van der Waals surface area (Å²) in [6.45, 7) is 2.03. The van der Waals surface area contributed by atoms with Gasteiger partial charge in [-0.05, 0) is 35.6 Å². The van der Waals surface area contributed by atoms with E-state index in [1.807, 2.05) is 31.2 Å². The Hall–Kier alpha value is -2.75. The molecule has 0 atom stereocenters. The van der Waals surface area contributed by atoms with Crippen molar-refractivity contribution in [2.45, 2.75) is 13.3 Å². The van der Waals surface area contributed by atoms with Crippen LogP contribution in [0.5, 0.6) is 11.5 Å². The zero-order valence-electron chi connectivity index (χ0n) is 11.5. The number of aromatic hydroxyl groups is 2. The van der Waals surface area contributed by atoms with E-state index in [9.17, 15) is 15.0 Å². The number of hydrogen-bond donors (Lipinski definition) is 2. The van der Waals surface area contributed by atoms with E-state index in [4.69, 9.17) is 4.42 Å². The molecule has 0 radical (unpaired) electrons. The molecule has 106 valence electrons. The Morgan fingerprint density at radius 1 is 1.05 bits per heavy atom.